The summed E-state index contributed by atoms with van der Waals surface area (Å²) in [5, 5.41) is 3.40. The van der Waals surface area contributed by atoms with Crippen molar-refractivity contribution in [3.05, 3.63) is 18.2 Å². The van der Waals surface area contributed by atoms with Gasteiger partial charge in [0.25, 0.3) is 0 Å². The van der Waals surface area contributed by atoms with Crippen molar-refractivity contribution < 1.29 is 0 Å². The van der Waals surface area contributed by atoms with Gasteiger partial charge in [-0.15, -0.1) is 0 Å². The van der Waals surface area contributed by atoms with Gasteiger partial charge >= 0.3 is 0 Å². The summed E-state index contributed by atoms with van der Waals surface area (Å²) >= 11 is 0. The Morgan fingerprint density at radius 3 is 2.75 bits per heavy atom. The highest BCUT2D eigenvalue weighted by Gasteiger charge is 2.31. The summed E-state index contributed by atoms with van der Waals surface area (Å²) in [6, 6.07) is 0. The largest absolute Gasteiger partial charge is 0.338 e. The summed E-state index contributed by atoms with van der Waals surface area (Å²) in [5.41, 5.74) is 0. The molecule has 1 heterocycles. The average molecular weight is 277 g/mol. The Kier molecular flexibility index (Phi) is 5.64. The Morgan fingerprint density at radius 1 is 1.35 bits per heavy atom. The van der Waals surface area contributed by atoms with Crippen molar-refractivity contribution in [3.8, 4) is 0 Å². The van der Waals surface area contributed by atoms with Crippen LogP contribution in [0.2, 0.25) is 0 Å². The predicted octanol–water partition coefficient (Wildman–Crippen LogP) is 3.26. The summed E-state index contributed by atoms with van der Waals surface area (Å²) in [4.78, 5) is 4.47. The lowest BCUT2D eigenvalue weighted by molar-refractivity contribution is 0.139. The van der Waals surface area contributed by atoms with Gasteiger partial charge in [-0.2, -0.15) is 0 Å². The molecule has 1 aliphatic rings. The maximum Gasteiger partial charge on any atom is 0.108 e. The van der Waals surface area contributed by atoms with E-state index in [1.807, 2.05) is 6.20 Å². The summed E-state index contributed by atoms with van der Waals surface area (Å²) in [6.45, 7) is 5.95. The SMILES string of the molecule is CNCC1CCC(C(C)C)CC1CCc1nccn1C. The van der Waals surface area contributed by atoms with Crippen LogP contribution >= 0.6 is 0 Å². The summed E-state index contributed by atoms with van der Waals surface area (Å²) in [7, 11) is 4.19. The van der Waals surface area contributed by atoms with E-state index in [4.69, 9.17) is 0 Å². The molecule has 1 N–H and O–H groups in total. The number of imidazole rings is 1. The molecule has 0 radical (unpaired) electrons. The van der Waals surface area contributed by atoms with E-state index in [1.54, 1.807) is 0 Å². The van der Waals surface area contributed by atoms with Gasteiger partial charge in [-0.25, -0.2) is 4.98 Å². The molecule has 1 fully saturated rings. The number of nitrogens with zero attached hydrogens (tertiary/aromatic N) is 2. The lowest BCUT2D eigenvalue weighted by Crippen LogP contribution is -2.33. The summed E-state index contributed by atoms with van der Waals surface area (Å²) in [6.07, 6.45) is 10.6. The summed E-state index contributed by atoms with van der Waals surface area (Å²) < 4.78 is 2.16. The fourth-order valence-electron chi connectivity index (χ4n) is 3.80. The third kappa shape index (κ3) is 3.85. The Bertz CT molecular complexity index is 397. The van der Waals surface area contributed by atoms with Crippen LogP contribution in [0.3, 0.4) is 0 Å². The molecule has 3 heteroatoms. The second-order valence-corrected chi connectivity index (χ2v) is 6.89. The van der Waals surface area contributed by atoms with Gasteiger partial charge in [0.05, 0.1) is 0 Å². The molecule has 20 heavy (non-hydrogen) atoms. The maximum atomic E-state index is 4.47. The van der Waals surface area contributed by atoms with Crippen LogP contribution in [0.4, 0.5) is 0 Å². The van der Waals surface area contributed by atoms with Gasteiger partial charge in [0.15, 0.2) is 0 Å². The Labute approximate surface area is 124 Å². The Balaban J connectivity index is 1.94. The molecule has 2 rings (SSSR count). The van der Waals surface area contributed by atoms with Gasteiger partial charge in [0.2, 0.25) is 0 Å². The predicted molar refractivity (Wildman–Crippen MR) is 84.6 cm³/mol. The minimum atomic E-state index is 0.834. The van der Waals surface area contributed by atoms with Crippen LogP contribution in [0.5, 0.6) is 0 Å². The Morgan fingerprint density at radius 2 is 2.15 bits per heavy atom. The van der Waals surface area contributed by atoms with Gasteiger partial charge in [-0.05, 0) is 62.9 Å². The molecular formula is C17H31N3. The van der Waals surface area contributed by atoms with Crippen LogP contribution in [-0.2, 0) is 13.5 Å². The minimum Gasteiger partial charge on any atom is -0.338 e. The second-order valence-electron chi connectivity index (χ2n) is 6.89. The molecule has 0 aliphatic heterocycles. The van der Waals surface area contributed by atoms with Crippen molar-refractivity contribution in [1.82, 2.24) is 14.9 Å². The molecule has 0 saturated heterocycles. The van der Waals surface area contributed by atoms with Gasteiger partial charge in [0.1, 0.15) is 5.82 Å². The quantitative estimate of drug-likeness (QED) is 0.865. The van der Waals surface area contributed by atoms with Crippen LogP contribution in [0.25, 0.3) is 0 Å². The third-order valence-electron chi connectivity index (χ3n) is 5.25. The first-order valence-corrected chi connectivity index (χ1v) is 8.22. The standard InChI is InChI=1S/C17H31N3/c1-13(2)14-5-6-16(12-18-3)15(11-14)7-8-17-19-9-10-20(17)4/h9-10,13-16,18H,5-8,11-12H2,1-4H3. The number of hydrogen-bond donors (Lipinski definition) is 1. The van der Waals surface area contributed by atoms with Crippen LogP contribution in [0.15, 0.2) is 12.4 Å². The molecule has 1 aromatic heterocycles. The molecule has 0 bridgehead atoms. The van der Waals surface area contributed by atoms with Crippen molar-refractivity contribution in [3.63, 3.8) is 0 Å². The van der Waals surface area contributed by atoms with Crippen molar-refractivity contribution in [1.29, 1.82) is 0 Å². The lowest BCUT2D eigenvalue weighted by Gasteiger charge is -2.38. The van der Waals surface area contributed by atoms with E-state index in [1.165, 1.54) is 38.1 Å². The first-order valence-electron chi connectivity index (χ1n) is 8.22. The number of nitrogens with one attached hydrogen (secondary N) is 1. The smallest absolute Gasteiger partial charge is 0.108 e. The number of hydrogen-bond acceptors (Lipinski definition) is 2. The normalized spacial score (nSPS) is 27.1. The average Bonchev–Trinajstić information content (AvgIpc) is 2.83. The monoisotopic (exact) mass is 277 g/mol. The van der Waals surface area contributed by atoms with E-state index in [9.17, 15) is 0 Å². The topological polar surface area (TPSA) is 29.9 Å². The minimum absolute atomic E-state index is 0.834. The molecule has 3 nitrogen and oxygen atoms in total. The van der Waals surface area contributed by atoms with Gasteiger partial charge < -0.3 is 9.88 Å². The van der Waals surface area contributed by atoms with Crippen LogP contribution in [-0.4, -0.2) is 23.1 Å². The van der Waals surface area contributed by atoms with E-state index in [0.29, 0.717) is 0 Å². The van der Waals surface area contributed by atoms with E-state index in [-0.39, 0.29) is 0 Å². The molecule has 114 valence electrons. The molecule has 0 spiro atoms. The van der Waals surface area contributed by atoms with Crippen molar-refractivity contribution >= 4 is 0 Å². The fourth-order valence-corrected chi connectivity index (χ4v) is 3.80. The van der Waals surface area contributed by atoms with Gasteiger partial charge in [-0.1, -0.05) is 13.8 Å². The van der Waals surface area contributed by atoms with Gasteiger partial charge in [0, 0.05) is 25.9 Å². The van der Waals surface area contributed by atoms with Crippen LogP contribution in [0, 0.1) is 23.7 Å². The molecular weight excluding hydrogens is 246 g/mol. The molecule has 1 saturated carbocycles. The van der Waals surface area contributed by atoms with Crippen LogP contribution < -0.4 is 5.32 Å². The van der Waals surface area contributed by atoms with Gasteiger partial charge in [-0.3, -0.25) is 0 Å². The molecule has 1 aromatic rings. The third-order valence-corrected chi connectivity index (χ3v) is 5.25. The van der Waals surface area contributed by atoms with E-state index in [0.717, 1.165) is 30.1 Å². The summed E-state index contributed by atoms with van der Waals surface area (Å²) in [5.74, 6) is 4.71. The van der Waals surface area contributed by atoms with Crippen molar-refractivity contribution in [2.24, 2.45) is 30.7 Å². The zero-order valence-electron chi connectivity index (χ0n) is 13.6. The molecule has 0 amide bonds. The Hall–Kier alpha value is -0.830. The molecule has 0 aromatic carbocycles. The first-order chi connectivity index (χ1) is 9.61. The molecule has 3 unspecified atom stereocenters. The zero-order valence-corrected chi connectivity index (χ0v) is 13.6. The zero-order chi connectivity index (χ0) is 14.5. The van der Waals surface area contributed by atoms with E-state index in [2.05, 4.69) is 49.0 Å². The van der Waals surface area contributed by atoms with Crippen LogP contribution in [0.1, 0.15) is 45.4 Å². The first kappa shape index (κ1) is 15.6. The van der Waals surface area contributed by atoms with E-state index >= 15 is 0 Å². The number of rotatable bonds is 6. The van der Waals surface area contributed by atoms with Crippen molar-refractivity contribution in [2.75, 3.05) is 13.6 Å². The second kappa shape index (κ2) is 7.26. The van der Waals surface area contributed by atoms with Crippen molar-refractivity contribution in [2.45, 2.75) is 46.0 Å². The highest BCUT2D eigenvalue weighted by atomic mass is 15.0. The lowest BCUT2D eigenvalue weighted by atomic mass is 9.69. The number of aromatic nitrogens is 2. The molecule has 1 aliphatic carbocycles. The highest BCUT2D eigenvalue weighted by Crippen LogP contribution is 2.39. The maximum absolute atomic E-state index is 4.47. The highest BCUT2D eigenvalue weighted by molar-refractivity contribution is 4.93. The number of aryl methyl sites for hydroxylation is 2. The van der Waals surface area contributed by atoms with E-state index < -0.39 is 0 Å². The fraction of sp³-hybridized carbons (Fsp3) is 0.824. The molecule has 3 atom stereocenters.